The maximum absolute atomic E-state index is 13.3. The van der Waals surface area contributed by atoms with Gasteiger partial charge in [0.25, 0.3) is 0 Å². The van der Waals surface area contributed by atoms with E-state index in [1.165, 1.54) is 19.1 Å². The molecule has 5 rings (SSSR count). The summed E-state index contributed by atoms with van der Waals surface area (Å²) in [5.74, 6) is -3.06. The molecule has 36 heavy (non-hydrogen) atoms. The molecule has 0 saturated carbocycles. The summed E-state index contributed by atoms with van der Waals surface area (Å²) in [5, 5.41) is 43.8. The van der Waals surface area contributed by atoms with Crippen molar-refractivity contribution in [2.75, 3.05) is 0 Å². The lowest BCUT2D eigenvalue weighted by Crippen LogP contribution is -2.52. The van der Waals surface area contributed by atoms with Crippen LogP contribution in [-0.2, 0) is 20.7 Å². The van der Waals surface area contributed by atoms with E-state index in [0.29, 0.717) is 0 Å². The number of carbonyl (C=O) groups excluding carboxylic acids is 3. The second kappa shape index (κ2) is 8.46. The highest BCUT2D eigenvalue weighted by Gasteiger charge is 2.49. The van der Waals surface area contributed by atoms with Crippen molar-refractivity contribution < 1.29 is 44.3 Å². The van der Waals surface area contributed by atoms with E-state index in [2.05, 4.69) is 0 Å². The lowest BCUT2D eigenvalue weighted by atomic mass is 9.72. The number of phenols is 2. The molecule has 6 N–H and O–H groups in total. The number of benzene rings is 2. The van der Waals surface area contributed by atoms with Gasteiger partial charge < -0.3 is 35.6 Å². The van der Waals surface area contributed by atoms with Crippen molar-refractivity contribution in [1.29, 1.82) is 0 Å². The summed E-state index contributed by atoms with van der Waals surface area (Å²) in [7, 11) is 0. The summed E-state index contributed by atoms with van der Waals surface area (Å²) in [5.41, 5.74) is 3.38. The van der Waals surface area contributed by atoms with Crippen molar-refractivity contribution in [3.63, 3.8) is 0 Å². The van der Waals surface area contributed by atoms with Gasteiger partial charge in [-0.2, -0.15) is 0 Å². The Bertz CT molecular complexity index is 1290. The van der Waals surface area contributed by atoms with Crippen LogP contribution in [0.3, 0.4) is 0 Å². The first-order chi connectivity index (χ1) is 16.9. The lowest BCUT2D eigenvalue weighted by molar-refractivity contribution is -0.247. The first kappa shape index (κ1) is 24.5. The normalized spacial score (nSPS) is 31.4. The van der Waals surface area contributed by atoms with Crippen LogP contribution < -0.4 is 5.73 Å². The van der Waals surface area contributed by atoms with Gasteiger partial charge in [0.15, 0.2) is 23.6 Å². The molecule has 0 spiro atoms. The predicted molar refractivity (Wildman–Crippen MR) is 124 cm³/mol. The maximum atomic E-state index is 13.3. The van der Waals surface area contributed by atoms with Crippen molar-refractivity contribution in [2.24, 2.45) is 5.73 Å². The highest BCUT2D eigenvalue weighted by Crippen LogP contribution is 2.51. The Hall–Kier alpha value is -3.15. The van der Waals surface area contributed by atoms with Gasteiger partial charge in [-0.15, -0.1) is 0 Å². The third-order valence-electron chi connectivity index (χ3n) is 7.50. The Morgan fingerprint density at radius 2 is 1.69 bits per heavy atom. The molecule has 0 radical (unpaired) electrons. The predicted octanol–water partition coefficient (Wildman–Crippen LogP) is 1.02. The van der Waals surface area contributed by atoms with Crippen molar-refractivity contribution in [1.82, 2.24) is 0 Å². The molecule has 10 heteroatoms. The minimum atomic E-state index is -1.97. The van der Waals surface area contributed by atoms with Gasteiger partial charge in [0.05, 0.1) is 29.4 Å². The van der Waals surface area contributed by atoms with Crippen molar-refractivity contribution >= 4 is 17.3 Å². The van der Waals surface area contributed by atoms with E-state index in [0.717, 1.165) is 0 Å². The number of aromatic hydroxyl groups is 2. The van der Waals surface area contributed by atoms with Gasteiger partial charge >= 0.3 is 0 Å². The van der Waals surface area contributed by atoms with E-state index in [1.54, 1.807) is 19.1 Å². The standard InChI is InChI=1S/C26H27NO9/c1-10-21(29)15(27)7-17(35-10)36-16-9-26(34,11(2)28)8-14-18(16)25(33)20-19(24(14)32)22(30)12-5-3-4-6-13(12)23(20)31/h3-6,10,15-17,21,29,32-34H,7-9,27H2,1-2H3/t10-,15-,16-,17-,21+,26-/m1/s1. The molecule has 0 unspecified atom stereocenters. The number of nitrogens with two attached hydrogens (primary N) is 1. The number of fused-ring (bicyclic) bond motifs is 3. The topological polar surface area (TPSA) is 177 Å². The van der Waals surface area contributed by atoms with Gasteiger partial charge in [-0.05, 0) is 13.8 Å². The van der Waals surface area contributed by atoms with Crippen LogP contribution in [0.25, 0.3) is 0 Å². The molecule has 1 heterocycles. The molecular weight excluding hydrogens is 470 g/mol. The van der Waals surface area contributed by atoms with Crippen molar-refractivity contribution in [3.8, 4) is 11.5 Å². The van der Waals surface area contributed by atoms with Crippen molar-refractivity contribution in [3.05, 3.63) is 57.6 Å². The average Bonchev–Trinajstić information content (AvgIpc) is 2.82. The van der Waals surface area contributed by atoms with Crippen LogP contribution in [-0.4, -0.2) is 67.9 Å². The number of hydrogen-bond donors (Lipinski definition) is 5. The molecule has 3 aliphatic rings. The monoisotopic (exact) mass is 497 g/mol. The second-order valence-corrected chi connectivity index (χ2v) is 9.80. The number of Topliss-reactive ketones (excluding diaryl/α,β-unsaturated/α-hetero) is 1. The fourth-order valence-electron chi connectivity index (χ4n) is 5.42. The fraction of sp³-hybridized carbons (Fsp3) is 0.423. The summed E-state index contributed by atoms with van der Waals surface area (Å²) in [6.45, 7) is 2.80. The lowest BCUT2D eigenvalue weighted by Gasteiger charge is -2.42. The molecule has 10 nitrogen and oxygen atoms in total. The van der Waals surface area contributed by atoms with Crippen LogP contribution in [0.2, 0.25) is 0 Å². The highest BCUT2D eigenvalue weighted by molar-refractivity contribution is 6.30. The Balaban J connectivity index is 1.66. The van der Waals surface area contributed by atoms with Crippen molar-refractivity contribution in [2.45, 2.75) is 69.4 Å². The van der Waals surface area contributed by atoms with Crippen LogP contribution in [0, 0.1) is 0 Å². The zero-order chi connectivity index (χ0) is 26.1. The summed E-state index contributed by atoms with van der Waals surface area (Å²) in [6.07, 6.45) is -4.38. The summed E-state index contributed by atoms with van der Waals surface area (Å²) >= 11 is 0. The van der Waals surface area contributed by atoms with E-state index < -0.39 is 71.5 Å². The van der Waals surface area contributed by atoms with E-state index in [-0.39, 0.29) is 46.2 Å². The van der Waals surface area contributed by atoms with Crippen LogP contribution >= 0.6 is 0 Å². The minimum Gasteiger partial charge on any atom is -0.507 e. The second-order valence-electron chi connectivity index (χ2n) is 9.80. The molecule has 0 bridgehead atoms. The number of ketones is 3. The van der Waals surface area contributed by atoms with Gasteiger partial charge in [0.2, 0.25) is 0 Å². The zero-order valence-electron chi connectivity index (χ0n) is 19.7. The summed E-state index contributed by atoms with van der Waals surface area (Å²) in [4.78, 5) is 39.0. The molecule has 2 aliphatic carbocycles. The van der Waals surface area contributed by atoms with E-state index in [1.807, 2.05) is 0 Å². The zero-order valence-corrected chi connectivity index (χ0v) is 19.7. The smallest absolute Gasteiger partial charge is 0.198 e. The third kappa shape index (κ3) is 3.56. The molecule has 6 atom stereocenters. The molecular formula is C26H27NO9. The molecule has 2 aromatic rings. The first-order valence-electron chi connectivity index (χ1n) is 11.7. The molecule has 0 amide bonds. The molecule has 190 valence electrons. The number of aliphatic hydroxyl groups is 2. The Kier molecular flexibility index (Phi) is 5.77. The number of phenolic OH excluding ortho intramolecular Hbond substituents is 2. The van der Waals surface area contributed by atoms with Gasteiger partial charge in [-0.3, -0.25) is 14.4 Å². The van der Waals surface area contributed by atoms with Crippen LogP contribution in [0.1, 0.15) is 75.8 Å². The molecule has 0 aromatic heterocycles. The van der Waals surface area contributed by atoms with Gasteiger partial charge in [0, 0.05) is 47.6 Å². The Morgan fingerprint density at radius 3 is 2.25 bits per heavy atom. The quantitative estimate of drug-likeness (QED) is 0.328. The maximum Gasteiger partial charge on any atom is 0.198 e. The minimum absolute atomic E-state index is 0.00588. The fourth-order valence-corrected chi connectivity index (χ4v) is 5.42. The SMILES string of the molecule is CC(=O)[C@@]1(O)Cc2c(O)c3c(c(O)c2[C@H](O[C@@H]2C[C@@H](N)[C@@H](O)[C@@H](C)O2)C1)C(=O)c1ccccc1C3=O. The number of hydrogen-bond acceptors (Lipinski definition) is 10. The number of carbonyl (C=O) groups is 3. The van der Waals surface area contributed by atoms with Crippen LogP contribution in [0.4, 0.5) is 0 Å². The van der Waals surface area contributed by atoms with E-state index >= 15 is 0 Å². The first-order valence-corrected chi connectivity index (χ1v) is 11.7. The van der Waals surface area contributed by atoms with E-state index in [4.69, 9.17) is 15.2 Å². The number of rotatable bonds is 3. The van der Waals surface area contributed by atoms with E-state index in [9.17, 15) is 34.8 Å². The Labute approximate surface area is 206 Å². The average molecular weight is 498 g/mol. The summed E-state index contributed by atoms with van der Waals surface area (Å²) < 4.78 is 11.8. The van der Waals surface area contributed by atoms with Gasteiger partial charge in [-0.1, -0.05) is 24.3 Å². The Morgan fingerprint density at radius 1 is 1.11 bits per heavy atom. The summed E-state index contributed by atoms with van der Waals surface area (Å²) in [6, 6.07) is 5.40. The number of ether oxygens (including phenoxy) is 2. The highest BCUT2D eigenvalue weighted by atomic mass is 16.7. The largest absolute Gasteiger partial charge is 0.507 e. The van der Waals surface area contributed by atoms with Crippen LogP contribution in [0.15, 0.2) is 24.3 Å². The van der Waals surface area contributed by atoms with Gasteiger partial charge in [-0.25, -0.2) is 0 Å². The third-order valence-corrected chi connectivity index (χ3v) is 7.50. The molecule has 1 aliphatic heterocycles. The molecule has 1 saturated heterocycles. The number of aliphatic hydroxyl groups excluding tert-OH is 1. The molecule has 2 aromatic carbocycles. The van der Waals surface area contributed by atoms with Crippen LogP contribution in [0.5, 0.6) is 11.5 Å². The van der Waals surface area contributed by atoms with Gasteiger partial charge in [0.1, 0.15) is 17.1 Å². The molecule has 1 fully saturated rings.